The van der Waals surface area contributed by atoms with E-state index in [0.717, 1.165) is 31.2 Å². The Bertz CT molecular complexity index is 414. The highest BCUT2D eigenvalue weighted by Crippen LogP contribution is 2.28. The molecule has 1 aliphatic rings. The Labute approximate surface area is 125 Å². The van der Waals surface area contributed by atoms with Crippen molar-refractivity contribution in [2.75, 3.05) is 6.54 Å². The molecule has 0 atom stereocenters. The predicted octanol–water partition coefficient (Wildman–Crippen LogP) is 2.69. The third-order valence-corrected chi connectivity index (χ3v) is 3.89. The molecule has 0 aromatic heterocycles. The van der Waals surface area contributed by atoms with Crippen LogP contribution in [0.2, 0.25) is 5.02 Å². The fourth-order valence-corrected chi connectivity index (χ4v) is 2.69. The van der Waals surface area contributed by atoms with Crippen molar-refractivity contribution >= 4 is 29.9 Å². The number of benzene rings is 1. The molecule has 1 fully saturated rings. The maximum absolute atomic E-state index is 12.0. The fraction of sp³-hybridized carbons (Fsp3) is 0.500. The topological polar surface area (TPSA) is 55.1 Å². The number of nitrogens with two attached hydrogens (primary N) is 1. The first kappa shape index (κ1) is 16.3. The molecule has 3 nitrogen and oxygen atoms in total. The molecule has 0 heterocycles. The van der Waals surface area contributed by atoms with Crippen LogP contribution in [0.4, 0.5) is 0 Å². The van der Waals surface area contributed by atoms with Crippen molar-refractivity contribution in [3.8, 4) is 0 Å². The van der Waals surface area contributed by atoms with Gasteiger partial charge in [-0.15, -0.1) is 12.4 Å². The van der Waals surface area contributed by atoms with Crippen LogP contribution in [0.15, 0.2) is 24.3 Å². The van der Waals surface area contributed by atoms with E-state index in [1.54, 1.807) is 12.1 Å². The zero-order chi connectivity index (χ0) is 13.0. The highest BCUT2D eigenvalue weighted by atomic mass is 35.5. The van der Waals surface area contributed by atoms with E-state index < -0.39 is 0 Å². The van der Waals surface area contributed by atoms with Gasteiger partial charge in [0, 0.05) is 11.6 Å². The fourth-order valence-electron chi connectivity index (χ4n) is 2.56. The first-order valence-electron chi connectivity index (χ1n) is 6.39. The number of hydrogen-bond donors (Lipinski definition) is 2. The average Bonchev–Trinajstić information content (AvgIpc) is 2.81. The number of hydrogen-bond acceptors (Lipinski definition) is 2. The van der Waals surface area contributed by atoms with Gasteiger partial charge in [0.1, 0.15) is 0 Å². The Balaban J connectivity index is 0.00000180. The minimum absolute atomic E-state index is 0. The quantitative estimate of drug-likeness (QED) is 0.898. The lowest BCUT2D eigenvalue weighted by Crippen LogP contribution is -2.52. The van der Waals surface area contributed by atoms with Crippen LogP contribution in [0.1, 0.15) is 31.2 Å². The van der Waals surface area contributed by atoms with E-state index in [2.05, 4.69) is 5.32 Å². The van der Waals surface area contributed by atoms with Gasteiger partial charge in [0.25, 0.3) is 0 Å². The third kappa shape index (κ3) is 4.37. The van der Waals surface area contributed by atoms with E-state index in [0.29, 0.717) is 18.0 Å². The number of rotatable bonds is 4. The average molecular weight is 303 g/mol. The van der Waals surface area contributed by atoms with Crippen LogP contribution in [0.3, 0.4) is 0 Å². The maximum atomic E-state index is 12.0. The van der Waals surface area contributed by atoms with Crippen LogP contribution in [0.5, 0.6) is 0 Å². The molecular weight excluding hydrogens is 283 g/mol. The second-order valence-electron chi connectivity index (χ2n) is 5.04. The molecule has 106 valence electrons. The van der Waals surface area contributed by atoms with Crippen LogP contribution in [-0.4, -0.2) is 18.0 Å². The maximum Gasteiger partial charge on any atom is 0.224 e. The summed E-state index contributed by atoms with van der Waals surface area (Å²) in [7, 11) is 0. The number of carbonyl (C=O) groups is 1. The van der Waals surface area contributed by atoms with E-state index in [4.69, 9.17) is 17.3 Å². The second kappa shape index (κ2) is 7.13. The van der Waals surface area contributed by atoms with E-state index in [-0.39, 0.29) is 23.9 Å². The molecule has 1 aromatic rings. The predicted molar refractivity (Wildman–Crippen MR) is 80.8 cm³/mol. The smallest absolute Gasteiger partial charge is 0.224 e. The van der Waals surface area contributed by atoms with Gasteiger partial charge in [-0.05, 0) is 30.5 Å². The molecule has 0 saturated heterocycles. The minimum Gasteiger partial charge on any atom is -0.349 e. The standard InChI is InChI=1S/C14H19ClN2O.ClH/c15-12-5-3-11(4-6-12)9-13(18)17-14(10-16)7-1-2-8-14;/h3-6H,1-2,7-10,16H2,(H,17,18);1H. The molecule has 1 amide bonds. The molecule has 0 aliphatic heterocycles. The highest BCUT2D eigenvalue weighted by molar-refractivity contribution is 6.30. The van der Waals surface area contributed by atoms with Gasteiger partial charge in [-0.1, -0.05) is 36.6 Å². The van der Waals surface area contributed by atoms with Crippen molar-refractivity contribution in [3.05, 3.63) is 34.9 Å². The highest BCUT2D eigenvalue weighted by Gasteiger charge is 2.33. The molecule has 19 heavy (non-hydrogen) atoms. The largest absolute Gasteiger partial charge is 0.349 e. The summed E-state index contributed by atoms with van der Waals surface area (Å²) in [5.74, 6) is 0.0460. The Morgan fingerprint density at radius 3 is 2.37 bits per heavy atom. The van der Waals surface area contributed by atoms with Crippen molar-refractivity contribution in [2.24, 2.45) is 5.73 Å². The van der Waals surface area contributed by atoms with Gasteiger partial charge in [-0.3, -0.25) is 4.79 Å². The zero-order valence-electron chi connectivity index (χ0n) is 10.8. The van der Waals surface area contributed by atoms with Crippen molar-refractivity contribution in [1.29, 1.82) is 0 Å². The lowest BCUT2D eigenvalue weighted by molar-refractivity contribution is -0.122. The van der Waals surface area contributed by atoms with Gasteiger partial charge in [0.15, 0.2) is 0 Å². The van der Waals surface area contributed by atoms with Gasteiger partial charge in [0.05, 0.1) is 12.0 Å². The summed E-state index contributed by atoms with van der Waals surface area (Å²) < 4.78 is 0. The molecule has 1 aromatic carbocycles. The van der Waals surface area contributed by atoms with Gasteiger partial charge in [-0.25, -0.2) is 0 Å². The van der Waals surface area contributed by atoms with E-state index in [1.807, 2.05) is 12.1 Å². The molecule has 5 heteroatoms. The summed E-state index contributed by atoms with van der Waals surface area (Å²) in [6.07, 6.45) is 4.68. The van der Waals surface area contributed by atoms with Crippen LogP contribution in [0, 0.1) is 0 Å². The molecule has 3 N–H and O–H groups in total. The van der Waals surface area contributed by atoms with Crippen LogP contribution >= 0.6 is 24.0 Å². The summed E-state index contributed by atoms with van der Waals surface area (Å²) in [6, 6.07) is 7.37. The molecule has 0 unspecified atom stereocenters. The van der Waals surface area contributed by atoms with Crippen molar-refractivity contribution in [1.82, 2.24) is 5.32 Å². The van der Waals surface area contributed by atoms with Crippen LogP contribution < -0.4 is 11.1 Å². The van der Waals surface area contributed by atoms with Crippen LogP contribution in [-0.2, 0) is 11.2 Å². The van der Waals surface area contributed by atoms with E-state index in [1.165, 1.54) is 0 Å². The molecule has 0 spiro atoms. The Morgan fingerprint density at radius 2 is 1.84 bits per heavy atom. The summed E-state index contributed by atoms with van der Waals surface area (Å²) in [5.41, 5.74) is 6.61. The minimum atomic E-state index is -0.163. The van der Waals surface area contributed by atoms with Gasteiger partial charge < -0.3 is 11.1 Å². The third-order valence-electron chi connectivity index (χ3n) is 3.63. The van der Waals surface area contributed by atoms with Gasteiger partial charge in [-0.2, -0.15) is 0 Å². The summed E-state index contributed by atoms with van der Waals surface area (Å²) in [6.45, 7) is 0.527. The first-order chi connectivity index (χ1) is 8.63. The monoisotopic (exact) mass is 302 g/mol. The summed E-state index contributed by atoms with van der Waals surface area (Å²) >= 11 is 5.81. The summed E-state index contributed by atoms with van der Waals surface area (Å²) in [5, 5.41) is 3.80. The van der Waals surface area contributed by atoms with Crippen molar-refractivity contribution in [3.63, 3.8) is 0 Å². The van der Waals surface area contributed by atoms with E-state index >= 15 is 0 Å². The Kier molecular flexibility index (Phi) is 6.11. The van der Waals surface area contributed by atoms with Crippen LogP contribution in [0.25, 0.3) is 0 Å². The number of carbonyl (C=O) groups excluding carboxylic acids is 1. The van der Waals surface area contributed by atoms with E-state index in [9.17, 15) is 4.79 Å². The SMILES string of the molecule is Cl.NCC1(NC(=O)Cc2ccc(Cl)cc2)CCCC1. The number of amides is 1. The van der Waals surface area contributed by atoms with Crippen molar-refractivity contribution in [2.45, 2.75) is 37.6 Å². The zero-order valence-corrected chi connectivity index (χ0v) is 12.4. The Hall–Kier alpha value is -0.770. The number of halogens is 2. The molecule has 2 rings (SSSR count). The first-order valence-corrected chi connectivity index (χ1v) is 6.77. The molecule has 0 radical (unpaired) electrons. The summed E-state index contributed by atoms with van der Waals surface area (Å²) in [4.78, 5) is 12.0. The van der Waals surface area contributed by atoms with Crippen molar-refractivity contribution < 1.29 is 4.79 Å². The Morgan fingerprint density at radius 1 is 1.26 bits per heavy atom. The molecular formula is C14H20Cl2N2O. The molecule has 0 bridgehead atoms. The molecule has 1 saturated carbocycles. The normalized spacial score (nSPS) is 16.7. The number of nitrogens with one attached hydrogen (secondary N) is 1. The van der Waals surface area contributed by atoms with Gasteiger partial charge in [0.2, 0.25) is 5.91 Å². The second-order valence-corrected chi connectivity index (χ2v) is 5.48. The lowest BCUT2D eigenvalue weighted by atomic mass is 9.97. The lowest BCUT2D eigenvalue weighted by Gasteiger charge is -2.28. The molecule has 1 aliphatic carbocycles. The van der Waals surface area contributed by atoms with Gasteiger partial charge >= 0.3 is 0 Å².